The predicted molar refractivity (Wildman–Crippen MR) is 109 cm³/mol. The number of hydrogen-bond donors (Lipinski definition) is 0. The average Bonchev–Trinajstić information content (AvgIpc) is 2.69. The molecular formula is C23H29NO4. The number of hydrogen-bond acceptors (Lipinski definition) is 4. The zero-order valence-corrected chi connectivity index (χ0v) is 17.5. The highest BCUT2D eigenvalue weighted by atomic mass is 16.5. The lowest BCUT2D eigenvalue weighted by Gasteiger charge is -2.26. The predicted octanol–water partition coefficient (Wildman–Crippen LogP) is 4.01. The molecule has 0 fully saturated rings. The maximum absolute atomic E-state index is 12.7. The molecule has 0 aliphatic heterocycles. The molecule has 2 aromatic rings. The van der Waals surface area contributed by atoms with Crippen molar-refractivity contribution in [1.29, 1.82) is 0 Å². The third-order valence-electron chi connectivity index (χ3n) is 4.91. The van der Waals surface area contributed by atoms with Crippen LogP contribution in [0.5, 0.6) is 5.75 Å². The van der Waals surface area contributed by atoms with Gasteiger partial charge in [0.2, 0.25) is 5.91 Å². The number of carbonyl (C=O) groups is 2. The van der Waals surface area contributed by atoms with Gasteiger partial charge in [-0.2, -0.15) is 0 Å². The van der Waals surface area contributed by atoms with Crippen molar-refractivity contribution in [3.63, 3.8) is 0 Å². The van der Waals surface area contributed by atoms with Crippen molar-refractivity contribution in [2.24, 2.45) is 0 Å². The summed E-state index contributed by atoms with van der Waals surface area (Å²) in [4.78, 5) is 25.7. The van der Waals surface area contributed by atoms with E-state index in [1.54, 1.807) is 14.0 Å². The van der Waals surface area contributed by atoms with Crippen molar-refractivity contribution in [1.82, 2.24) is 4.90 Å². The van der Waals surface area contributed by atoms with Crippen LogP contribution in [0.2, 0.25) is 0 Å². The molecule has 0 saturated heterocycles. The van der Waals surface area contributed by atoms with Gasteiger partial charge in [-0.3, -0.25) is 4.79 Å². The van der Waals surface area contributed by atoms with Gasteiger partial charge in [-0.25, -0.2) is 4.79 Å². The van der Waals surface area contributed by atoms with E-state index in [9.17, 15) is 9.59 Å². The van der Waals surface area contributed by atoms with E-state index in [0.717, 1.165) is 16.9 Å². The Morgan fingerprint density at radius 1 is 1.00 bits per heavy atom. The molecule has 150 valence electrons. The van der Waals surface area contributed by atoms with Gasteiger partial charge in [-0.1, -0.05) is 41.5 Å². The Hall–Kier alpha value is -2.82. The first-order chi connectivity index (χ1) is 13.2. The van der Waals surface area contributed by atoms with Crippen LogP contribution in [0.15, 0.2) is 42.5 Å². The monoisotopic (exact) mass is 383 g/mol. The molecule has 5 nitrogen and oxygen atoms in total. The van der Waals surface area contributed by atoms with Crippen LogP contribution in [0, 0.1) is 13.8 Å². The summed E-state index contributed by atoms with van der Waals surface area (Å²) in [5.41, 5.74) is 4.43. The lowest BCUT2D eigenvalue weighted by Crippen LogP contribution is -2.42. The van der Waals surface area contributed by atoms with Crippen molar-refractivity contribution in [3.8, 4) is 5.75 Å². The largest absolute Gasteiger partial charge is 0.489 e. The van der Waals surface area contributed by atoms with Gasteiger partial charge < -0.3 is 14.4 Å². The SMILES string of the molecule is COC(=O)[C@@H](C)N(C)C(=O)C(C)c1ccc(OCc2cc(C)cc(C)c2)cc1. The van der Waals surface area contributed by atoms with Gasteiger partial charge in [0, 0.05) is 7.05 Å². The Kier molecular flexibility index (Phi) is 7.21. The van der Waals surface area contributed by atoms with Crippen molar-refractivity contribution in [3.05, 3.63) is 64.7 Å². The van der Waals surface area contributed by atoms with E-state index >= 15 is 0 Å². The molecule has 2 atom stereocenters. The summed E-state index contributed by atoms with van der Waals surface area (Å²) in [6.45, 7) is 8.12. The fourth-order valence-electron chi connectivity index (χ4n) is 3.14. The number of rotatable bonds is 7. The van der Waals surface area contributed by atoms with Crippen molar-refractivity contribution >= 4 is 11.9 Å². The number of ether oxygens (including phenoxy) is 2. The van der Waals surface area contributed by atoms with Crippen LogP contribution in [0.4, 0.5) is 0 Å². The zero-order valence-electron chi connectivity index (χ0n) is 17.5. The maximum atomic E-state index is 12.7. The molecule has 0 aliphatic rings. The van der Waals surface area contributed by atoms with E-state index in [1.165, 1.54) is 23.1 Å². The molecule has 0 radical (unpaired) electrons. The molecule has 0 heterocycles. The molecule has 5 heteroatoms. The highest BCUT2D eigenvalue weighted by Gasteiger charge is 2.27. The molecule has 1 amide bonds. The topological polar surface area (TPSA) is 55.8 Å². The third-order valence-corrected chi connectivity index (χ3v) is 4.91. The summed E-state index contributed by atoms with van der Waals surface area (Å²) in [6.07, 6.45) is 0. The van der Waals surface area contributed by atoms with Crippen LogP contribution in [-0.4, -0.2) is 37.0 Å². The van der Waals surface area contributed by atoms with E-state index in [2.05, 4.69) is 32.0 Å². The number of aryl methyl sites for hydroxylation is 2. The number of benzene rings is 2. The van der Waals surface area contributed by atoms with Gasteiger partial charge in [0.25, 0.3) is 0 Å². The summed E-state index contributed by atoms with van der Waals surface area (Å²) in [5, 5.41) is 0. The molecule has 0 aromatic heterocycles. The van der Waals surface area contributed by atoms with Crippen molar-refractivity contribution in [2.75, 3.05) is 14.2 Å². The van der Waals surface area contributed by atoms with Crippen LogP contribution in [-0.2, 0) is 20.9 Å². The number of methoxy groups -OCH3 is 1. The van der Waals surface area contributed by atoms with E-state index < -0.39 is 12.0 Å². The molecule has 0 aliphatic carbocycles. The van der Waals surface area contributed by atoms with Gasteiger partial charge in [0.05, 0.1) is 13.0 Å². The molecule has 0 saturated carbocycles. The smallest absolute Gasteiger partial charge is 0.328 e. The van der Waals surface area contributed by atoms with E-state index in [4.69, 9.17) is 9.47 Å². The second-order valence-electron chi connectivity index (χ2n) is 7.22. The number of nitrogens with zero attached hydrogens (tertiary/aromatic N) is 1. The molecule has 0 N–H and O–H groups in total. The lowest BCUT2D eigenvalue weighted by atomic mass is 9.99. The summed E-state index contributed by atoms with van der Waals surface area (Å²) in [5.74, 6) is -0.190. The average molecular weight is 383 g/mol. The Morgan fingerprint density at radius 2 is 1.57 bits per heavy atom. The lowest BCUT2D eigenvalue weighted by molar-refractivity contribution is -0.151. The molecule has 2 rings (SSSR count). The Labute approximate surface area is 167 Å². The Bertz CT molecular complexity index is 809. The summed E-state index contributed by atoms with van der Waals surface area (Å²) in [7, 11) is 2.93. The second-order valence-corrected chi connectivity index (χ2v) is 7.22. The Balaban J connectivity index is 2.00. The number of likely N-dealkylation sites (N-methyl/N-ethyl adjacent to an activating group) is 1. The summed E-state index contributed by atoms with van der Waals surface area (Å²) < 4.78 is 10.6. The minimum absolute atomic E-state index is 0.137. The van der Waals surface area contributed by atoms with Crippen LogP contribution >= 0.6 is 0 Å². The highest BCUT2D eigenvalue weighted by Crippen LogP contribution is 2.22. The number of esters is 1. The van der Waals surface area contributed by atoms with Crippen molar-refractivity contribution in [2.45, 2.75) is 46.3 Å². The maximum Gasteiger partial charge on any atom is 0.328 e. The molecule has 2 aromatic carbocycles. The second kappa shape index (κ2) is 9.40. The number of amides is 1. The van der Waals surface area contributed by atoms with E-state index in [-0.39, 0.29) is 11.8 Å². The summed E-state index contributed by atoms with van der Waals surface area (Å²) >= 11 is 0. The standard InChI is InChI=1S/C23H29NO4/c1-15-11-16(2)13-19(12-15)14-28-21-9-7-20(8-10-21)17(3)22(25)24(5)18(4)23(26)27-6/h7-13,17-18H,14H2,1-6H3/t17?,18-/m1/s1. The first kappa shape index (κ1) is 21.5. The van der Waals surface area contributed by atoms with Gasteiger partial charge >= 0.3 is 5.97 Å². The van der Waals surface area contributed by atoms with Crippen LogP contribution in [0.25, 0.3) is 0 Å². The van der Waals surface area contributed by atoms with Gasteiger partial charge in [0.15, 0.2) is 0 Å². The fourth-order valence-corrected chi connectivity index (χ4v) is 3.14. The van der Waals surface area contributed by atoms with Crippen LogP contribution in [0.3, 0.4) is 0 Å². The molecule has 0 spiro atoms. The first-order valence-electron chi connectivity index (χ1n) is 9.37. The minimum atomic E-state index is -0.625. The molecular weight excluding hydrogens is 354 g/mol. The highest BCUT2D eigenvalue weighted by molar-refractivity contribution is 5.88. The van der Waals surface area contributed by atoms with Crippen LogP contribution < -0.4 is 4.74 Å². The van der Waals surface area contributed by atoms with E-state index in [1.807, 2.05) is 31.2 Å². The quantitative estimate of drug-likeness (QED) is 0.678. The van der Waals surface area contributed by atoms with Gasteiger partial charge in [-0.05, 0) is 51.0 Å². The van der Waals surface area contributed by atoms with E-state index in [0.29, 0.717) is 6.61 Å². The first-order valence-corrected chi connectivity index (χ1v) is 9.37. The summed E-state index contributed by atoms with van der Waals surface area (Å²) in [6, 6.07) is 13.2. The third kappa shape index (κ3) is 5.35. The zero-order chi connectivity index (χ0) is 20.8. The number of carbonyl (C=O) groups excluding carboxylic acids is 2. The Morgan fingerprint density at radius 3 is 2.11 bits per heavy atom. The molecule has 28 heavy (non-hydrogen) atoms. The van der Waals surface area contributed by atoms with Crippen LogP contribution in [0.1, 0.15) is 42.0 Å². The molecule has 0 bridgehead atoms. The fraction of sp³-hybridized carbons (Fsp3) is 0.391. The van der Waals surface area contributed by atoms with Crippen molar-refractivity contribution < 1.29 is 19.1 Å². The normalized spacial score (nSPS) is 12.8. The molecule has 1 unspecified atom stereocenters. The minimum Gasteiger partial charge on any atom is -0.489 e. The van der Waals surface area contributed by atoms with Gasteiger partial charge in [-0.15, -0.1) is 0 Å². The van der Waals surface area contributed by atoms with Gasteiger partial charge in [0.1, 0.15) is 18.4 Å².